The molecule has 0 bridgehead atoms. The number of halogens is 1. The third-order valence-corrected chi connectivity index (χ3v) is 4.13. The van der Waals surface area contributed by atoms with Crippen molar-refractivity contribution in [1.29, 1.82) is 0 Å². The predicted octanol–water partition coefficient (Wildman–Crippen LogP) is 2.61. The summed E-state index contributed by atoms with van der Waals surface area (Å²) in [7, 11) is 4.32. The van der Waals surface area contributed by atoms with Crippen molar-refractivity contribution in [3.05, 3.63) is 53.1 Å². The van der Waals surface area contributed by atoms with Gasteiger partial charge < -0.3 is 24.4 Å². The molecular weight excluding hydrogens is 400 g/mol. The van der Waals surface area contributed by atoms with Crippen LogP contribution in [0.5, 0.6) is 11.5 Å². The number of carbonyl (C=O) groups excluding carboxylic acids is 3. The summed E-state index contributed by atoms with van der Waals surface area (Å²) in [6, 6.07) is 11.3. The van der Waals surface area contributed by atoms with E-state index in [9.17, 15) is 14.4 Å². The first kappa shape index (κ1) is 22.0. The molecule has 29 heavy (non-hydrogen) atoms. The number of nitrogens with zero attached hydrogens (tertiary/aromatic N) is 1. The van der Waals surface area contributed by atoms with Crippen LogP contribution in [0.2, 0.25) is 5.02 Å². The van der Waals surface area contributed by atoms with Crippen LogP contribution in [0.25, 0.3) is 0 Å². The number of amides is 2. The lowest BCUT2D eigenvalue weighted by Gasteiger charge is -2.17. The van der Waals surface area contributed by atoms with Gasteiger partial charge in [0.15, 0.2) is 6.61 Å². The lowest BCUT2D eigenvalue weighted by atomic mass is 10.2. The van der Waals surface area contributed by atoms with Gasteiger partial charge in [0.2, 0.25) is 5.91 Å². The molecule has 0 aliphatic rings. The maximum atomic E-state index is 12.2. The summed E-state index contributed by atoms with van der Waals surface area (Å²) in [6.45, 7) is -0.762. The molecule has 2 aromatic rings. The molecule has 0 aromatic heterocycles. The fourth-order valence-electron chi connectivity index (χ4n) is 2.40. The minimum Gasteiger partial charge on any atom is -0.496 e. The van der Waals surface area contributed by atoms with Crippen molar-refractivity contribution in [3.8, 4) is 11.5 Å². The second-order valence-corrected chi connectivity index (χ2v) is 6.36. The largest absolute Gasteiger partial charge is 0.496 e. The average Bonchev–Trinajstić information content (AvgIpc) is 2.71. The number of rotatable bonds is 8. The summed E-state index contributed by atoms with van der Waals surface area (Å²) in [5, 5.41) is 3.05. The smallest absolute Gasteiger partial charge is 0.342 e. The highest BCUT2D eigenvalue weighted by Gasteiger charge is 2.18. The third kappa shape index (κ3) is 6.11. The van der Waals surface area contributed by atoms with Crippen LogP contribution in [0.1, 0.15) is 10.4 Å². The van der Waals surface area contributed by atoms with Gasteiger partial charge in [0, 0.05) is 12.1 Å². The average molecular weight is 421 g/mol. The molecule has 154 valence electrons. The molecule has 0 unspecified atom stereocenters. The van der Waals surface area contributed by atoms with E-state index in [1.54, 1.807) is 30.3 Å². The number of benzene rings is 2. The summed E-state index contributed by atoms with van der Waals surface area (Å²) < 4.78 is 15.3. The van der Waals surface area contributed by atoms with Crippen LogP contribution in [0, 0.1) is 0 Å². The summed E-state index contributed by atoms with van der Waals surface area (Å²) in [4.78, 5) is 37.7. The van der Waals surface area contributed by atoms with Gasteiger partial charge in [-0.15, -0.1) is 0 Å². The van der Waals surface area contributed by atoms with Gasteiger partial charge >= 0.3 is 5.97 Å². The highest BCUT2D eigenvalue weighted by atomic mass is 35.5. The lowest BCUT2D eigenvalue weighted by molar-refractivity contribution is -0.136. The van der Waals surface area contributed by atoms with E-state index in [0.717, 1.165) is 4.90 Å². The van der Waals surface area contributed by atoms with Gasteiger partial charge in [0.1, 0.15) is 17.1 Å². The SMILES string of the molecule is COc1ccc(Cl)cc1NC(=O)CN(C)C(=O)COC(=O)c1ccccc1OC. The molecule has 0 atom stereocenters. The summed E-state index contributed by atoms with van der Waals surface area (Å²) in [5.74, 6) is -0.924. The number of hydrogen-bond donors (Lipinski definition) is 1. The summed E-state index contributed by atoms with van der Waals surface area (Å²) >= 11 is 5.93. The van der Waals surface area contributed by atoms with Gasteiger partial charge in [-0.05, 0) is 30.3 Å². The molecule has 8 nitrogen and oxygen atoms in total. The van der Waals surface area contributed by atoms with E-state index < -0.39 is 24.4 Å². The van der Waals surface area contributed by atoms with Crippen molar-refractivity contribution in [2.24, 2.45) is 0 Å². The minimum absolute atomic E-state index is 0.205. The van der Waals surface area contributed by atoms with Crippen LogP contribution >= 0.6 is 11.6 Å². The molecule has 0 aliphatic heterocycles. The topological polar surface area (TPSA) is 94.2 Å². The maximum Gasteiger partial charge on any atom is 0.342 e. The molecule has 0 heterocycles. The number of methoxy groups -OCH3 is 2. The predicted molar refractivity (Wildman–Crippen MR) is 108 cm³/mol. The number of carbonyl (C=O) groups is 3. The van der Waals surface area contributed by atoms with Crippen LogP contribution in [-0.2, 0) is 14.3 Å². The van der Waals surface area contributed by atoms with E-state index in [4.69, 9.17) is 25.8 Å². The number of nitrogens with one attached hydrogen (secondary N) is 1. The number of likely N-dealkylation sites (N-methyl/N-ethyl adjacent to an activating group) is 1. The van der Waals surface area contributed by atoms with Crippen molar-refractivity contribution >= 4 is 35.1 Å². The van der Waals surface area contributed by atoms with Gasteiger partial charge in [-0.25, -0.2) is 4.79 Å². The molecule has 2 amide bonds. The highest BCUT2D eigenvalue weighted by Crippen LogP contribution is 2.27. The summed E-state index contributed by atoms with van der Waals surface area (Å²) in [5.41, 5.74) is 0.588. The zero-order valence-corrected chi connectivity index (χ0v) is 17.0. The van der Waals surface area contributed by atoms with E-state index in [1.807, 2.05) is 0 Å². The number of esters is 1. The number of anilines is 1. The molecule has 0 saturated heterocycles. The van der Waals surface area contributed by atoms with E-state index in [1.165, 1.54) is 33.4 Å². The standard InChI is InChI=1S/C20H21ClN2O6/c1-23(11-18(24)22-15-10-13(21)8-9-17(15)28-3)19(25)12-29-20(26)14-6-4-5-7-16(14)27-2/h4-10H,11-12H2,1-3H3,(H,22,24). The van der Waals surface area contributed by atoms with Gasteiger partial charge in [0.25, 0.3) is 5.91 Å². The Morgan fingerprint density at radius 2 is 1.72 bits per heavy atom. The summed E-state index contributed by atoms with van der Waals surface area (Å²) in [6.07, 6.45) is 0. The van der Waals surface area contributed by atoms with Gasteiger partial charge in [-0.2, -0.15) is 0 Å². The zero-order valence-electron chi connectivity index (χ0n) is 16.2. The molecule has 0 radical (unpaired) electrons. The molecular formula is C20H21ClN2O6. The second-order valence-electron chi connectivity index (χ2n) is 5.92. The number of para-hydroxylation sites is 1. The fraction of sp³-hybridized carbons (Fsp3) is 0.250. The molecule has 1 N–H and O–H groups in total. The van der Waals surface area contributed by atoms with E-state index in [0.29, 0.717) is 22.2 Å². The van der Waals surface area contributed by atoms with Crippen molar-refractivity contribution < 1.29 is 28.6 Å². The normalized spacial score (nSPS) is 10.1. The van der Waals surface area contributed by atoms with E-state index >= 15 is 0 Å². The Balaban J connectivity index is 1.89. The number of hydrogen-bond acceptors (Lipinski definition) is 6. The number of ether oxygens (including phenoxy) is 3. The lowest BCUT2D eigenvalue weighted by Crippen LogP contribution is -2.37. The van der Waals surface area contributed by atoms with Gasteiger partial charge in [-0.3, -0.25) is 9.59 Å². The van der Waals surface area contributed by atoms with Gasteiger partial charge in [0.05, 0.1) is 26.5 Å². The van der Waals surface area contributed by atoms with Crippen molar-refractivity contribution in [3.63, 3.8) is 0 Å². The van der Waals surface area contributed by atoms with Gasteiger partial charge in [-0.1, -0.05) is 23.7 Å². The fourth-order valence-corrected chi connectivity index (χ4v) is 2.57. The molecule has 2 aromatic carbocycles. The van der Waals surface area contributed by atoms with Crippen LogP contribution in [0.15, 0.2) is 42.5 Å². The zero-order chi connectivity index (χ0) is 21.4. The first-order valence-electron chi connectivity index (χ1n) is 8.53. The maximum absolute atomic E-state index is 12.2. The van der Waals surface area contributed by atoms with E-state index in [-0.39, 0.29) is 12.1 Å². The molecule has 0 aliphatic carbocycles. The van der Waals surface area contributed by atoms with Crippen molar-refractivity contribution in [1.82, 2.24) is 4.90 Å². The molecule has 0 fully saturated rings. The van der Waals surface area contributed by atoms with Crippen LogP contribution in [0.3, 0.4) is 0 Å². The quantitative estimate of drug-likeness (QED) is 0.660. The Kier molecular flexibility index (Phi) is 7.85. The Morgan fingerprint density at radius 1 is 1.03 bits per heavy atom. The highest BCUT2D eigenvalue weighted by molar-refractivity contribution is 6.31. The van der Waals surface area contributed by atoms with E-state index in [2.05, 4.69) is 5.32 Å². The molecule has 2 rings (SSSR count). The Bertz CT molecular complexity index is 902. The Morgan fingerprint density at radius 3 is 2.41 bits per heavy atom. The van der Waals surface area contributed by atoms with Crippen LogP contribution < -0.4 is 14.8 Å². The molecule has 9 heteroatoms. The first-order chi connectivity index (χ1) is 13.8. The van der Waals surface area contributed by atoms with Crippen LogP contribution in [-0.4, -0.2) is 57.1 Å². The monoisotopic (exact) mass is 420 g/mol. The molecule has 0 saturated carbocycles. The van der Waals surface area contributed by atoms with Crippen molar-refractivity contribution in [2.75, 3.05) is 39.7 Å². The Labute approximate surface area is 173 Å². The Hall–Kier alpha value is -3.26. The van der Waals surface area contributed by atoms with Crippen molar-refractivity contribution in [2.45, 2.75) is 0 Å². The first-order valence-corrected chi connectivity index (χ1v) is 8.91. The van der Waals surface area contributed by atoms with Crippen LogP contribution in [0.4, 0.5) is 5.69 Å². The third-order valence-electron chi connectivity index (χ3n) is 3.90. The minimum atomic E-state index is -0.697. The molecule has 0 spiro atoms. The second kappa shape index (κ2) is 10.3.